The molecule has 1 aliphatic heterocycles. The Morgan fingerprint density at radius 3 is 2.57 bits per heavy atom. The number of nitrogens with zero attached hydrogens (tertiary/aromatic N) is 4. The maximum Gasteiger partial charge on any atom is 0.340 e. The van der Waals surface area contributed by atoms with E-state index in [1.807, 2.05) is 0 Å². The number of aliphatic hydroxyl groups excluding tert-OH is 1. The first-order chi connectivity index (χ1) is 17.2. The molecule has 6 atom stereocenters. The number of alkyl halides is 1. The summed E-state index contributed by atoms with van der Waals surface area (Å²) in [6.45, 7) is 0.966. The largest absolute Gasteiger partial charge is 0.387 e. The van der Waals surface area contributed by atoms with Crippen molar-refractivity contribution < 1.29 is 47.0 Å². The Morgan fingerprint density at radius 1 is 1.24 bits per heavy atom. The molecule has 4 rings (SSSR count). The topological polar surface area (TPSA) is 189 Å². The van der Waals surface area contributed by atoms with Crippen LogP contribution in [-0.4, -0.2) is 70.2 Å². The van der Waals surface area contributed by atoms with Crippen molar-refractivity contribution >= 4 is 43.8 Å². The highest BCUT2D eigenvalue weighted by atomic mass is 35.5. The van der Waals surface area contributed by atoms with Crippen LogP contribution in [0.5, 0.6) is 0 Å². The Morgan fingerprint density at radius 2 is 1.92 bits per heavy atom. The number of imidazole rings is 1. The lowest BCUT2D eigenvalue weighted by atomic mass is 10.1. The van der Waals surface area contributed by atoms with E-state index in [9.17, 15) is 23.5 Å². The third-order valence-corrected chi connectivity index (χ3v) is 9.11. The summed E-state index contributed by atoms with van der Waals surface area (Å²) in [5.74, 6) is -1.65. The van der Waals surface area contributed by atoms with Gasteiger partial charge in [0.05, 0.1) is 19.0 Å². The van der Waals surface area contributed by atoms with Gasteiger partial charge >= 0.3 is 15.2 Å². The van der Waals surface area contributed by atoms with Crippen molar-refractivity contribution in [3.05, 3.63) is 47.3 Å². The molecule has 3 aromatic rings. The minimum atomic E-state index is -4.87. The van der Waals surface area contributed by atoms with E-state index in [4.69, 9.17) is 26.1 Å². The van der Waals surface area contributed by atoms with E-state index in [1.165, 1.54) is 18.5 Å². The molecule has 1 fully saturated rings. The smallest absolute Gasteiger partial charge is 0.340 e. The van der Waals surface area contributed by atoms with Gasteiger partial charge in [-0.05, 0) is 36.2 Å². The first-order valence-electron chi connectivity index (χ1n) is 10.6. The highest BCUT2D eigenvalue weighted by Crippen LogP contribution is 2.55. The van der Waals surface area contributed by atoms with E-state index < -0.39 is 58.1 Å². The van der Waals surface area contributed by atoms with Crippen LogP contribution in [0.4, 0.5) is 14.6 Å². The summed E-state index contributed by atoms with van der Waals surface area (Å²) >= 11 is 6.08. The number of ether oxygens (including phenoxy) is 1. The van der Waals surface area contributed by atoms with Crippen molar-refractivity contribution in [2.75, 3.05) is 17.8 Å². The molecule has 2 unspecified atom stereocenters. The molecule has 0 bridgehead atoms. The van der Waals surface area contributed by atoms with Crippen LogP contribution >= 0.6 is 26.8 Å². The van der Waals surface area contributed by atoms with Gasteiger partial charge in [-0.2, -0.15) is 9.97 Å². The van der Waals surface area contributed by atoms with Gasteiger partial charge in [-0.3, -0.25) is 13.7 Å². The zero-order chi connectivity index (χ0) is 27.1. The molecule has 0 saturated carbocycles. The van der Waals surface area contributed by atoms with Crippen LogP contribution in [0.1, 0.15) is 24.8 Å². The molecule has 1 saturated heterocycles. The fraction of sp³-hybridized carbons (Fsp3) is 0.421. The van der Waals surface area contributed by atoms with Crippen molar-refractivity contribution in [1.82, 2.24) is 19.5 Å². The number of nitrogens with one attached hydrogen (secondary N) is 1. The quantitative estimate of drug-likeness (QED) is 0.183. The van der Waals surface area contributed by atoms with Crippen LogP contribution < -0.4 is 5.32 Å². The highest BCUT2D eigenvalue weighted by Gasteiger charge is 2.47. The van der Waals surface area contributed by atoms with Crippen molar-refractivity contribution in [2.24, 2.45) is 0 Å². The van der Waals surface area contributed by atoms with Gasteiger partial charge in [0.25, 0.3) is 0 Å². The molecule has 0 spiro atoms. The molecule has 0 aliphatic carbocycles. The predicted octanol–water partition coefficient (Wildman–Crippen LogP) is 2.73. The lowest BCUT2D eigenvalue weighted by molar-refractivity contribution is -0.0425. The van der Waals surface area contributed by atoms with Crippen LogP contribution in [-0.2, 0) is 18.4 Å². The molecule has 202 valence electrons. The number of rotatable bonds is 9. The van der Waals surface area contributed by atoms with Gasteiger partial charge in [0.1, 0.15) is 18.0 Å². The van der Waals surface area contributed by atoms with Gasteiger partial charge in [0.2, 0.25) is 5.28 Å². The van der Waals surface area contributed by atoms with E-state index in [0.29, 0.717) is 0 Å². The second-order valence-corrected chi connectivity index (χ2v) is 12.7. The Labute approximate surface area is 213 Å². The average molecular weight is 584 g/mol. The lowest BCUT2D eigenvalue weighted by Gasteiger charge is -2.18. The molecular formula is C19H22ClF2N5O8P2. The molecule has 1 aliphatic rings. The number of halogens is 3. The molecule has 0 amide bonds. The molecule has 2 aromatic heterocycles. The van der Waals surface area contributed by atoms with Crippen LogP contribution in [0.2, 0.25) is 5.28 Å². The van der Waals surface area contributed by atoms with Crippen molar-refractivity contribution in [2.45, 2.75) is 37.6 Å². The SMILES string of the molecule is CC(Nc1nc(Cl)nc2c1ncn2[C@@H]1O[C@H](COP(=O)(O)CP(=O)(O)O)[C@@H](O)[C@@H]1F)c1ccc(F)cc1. The summed E-state index contributed by atoms with van der Waals surface area (Å²) in [5.41, 5.74) is 0.965. The molecule has 5 N–H and O–H groups in total. The normalized spacial score (nSPS) is 24.8. The summed E-state index contributed by atoms with van der Waals surface area (Å²) in [5, 5.41) is 13.1. The number of hydrogen-bond donors (Lipinski definition) is 5. The average Bonchev–Trinajstić information content (AvgIpc) is 3.32. The second-order valence-electron chi connectivity index (χ2n) is 8.32. The Bertz CT molecular complexity index is 1380. The van der Waals surface area contributed by atoms with E-state index in [0.717, 1.165) is 10.1 Å². The molecular weight excluding hydrogens is 562 g/mol. The molecule has 0 radical (unpaired) electrons. The van der Waals surface area contributed by atoms with E-state index in [-0.39, 0.29) is 28.3 Å². The Balaban J connectivity index is 1.55. The van der Waals surface area contributed by atoms with Gasteiger partial charge in [0, 0.05) is 0 Å². The van der Waals surface area contributed by atoms with Crippen LogP contribution in [0.15, 0.2) is 30.6 Å². The van der Waals surface area contributed by atoms with E-state index >= 15 is 4.39 Å². The second kappa shape index (κ2) is 10.6. The first-order valence-corrected chi connectivity index (χ1v) is 14.6. The van der Waals surface area contributed by atoms with Gasteiger partial charge in [-0.1, -0.05) is 12.1 Å². The Kier molecular flexibility index (Phi) is 8.01. The summed E-state index contributed by atoms with van der Waals surface area (Å²) in [6, 6.07) is 5.41. The van der Waals surface area contributed by atoms with Crippen molar-refractivity contribution in [3.8, 4) is 0 Å². The fourth-order valence-electron chi connectivity index (χ4n) is 3.75. The number of aliphatic hydroxyl groups is 1. The zero-order valence-corrected chi connectivity index (χ0v) is 21.5. The third-order valence-electron chi connectivity index (χ3n) is 5.49. The summed E-state index contributed by atoms with van der Waals surface area (Å²) < 4.78 is 62.4. The predicted molar refractivity (Wildman–Crippen MR) is 126 cm³/mol. The van der Waals surface area contributed by atoms with Crippen LogP contribution in [0.25, 0.3) is 11.2 Å². The van der Waals surface area contributed by atoms with Crippen LogP contribution in [0.3, 0.4) is 0 Å². The molecule has 13 nitrogen and oxygen atoms in total. The number of hydrogen-bond acceptors (Lipinski definition) is 9. The zero-order valence-electron chi connectivity index (χ0n) is 18.9. The Hall–Kier alpha value is -2.06. The number of anilines is 1. The fourth-order valence-corrected chi connectivity index (χ4v) is 6.48. The van der Waals surface area contributed by atoms with Gasteiger partial charge in [-0.15, -0.1) is 0 Å². The summed E-state index contributed by atoms with van der Waals surface area (Å²) in [7, 11) is -9.62. The molecule has 3 heterocycles. The van der Waals surface area contributed by atoms with Crippen molar-refractivity contribution in [1.29, 1.82) is 0 Å². The number of aromatic nitrogens is 4. The van der Waals surface area contributed by atoms with E-state index in [2.05, 4.69) is 24.8 Å². The van der Waals surface area contributed by atoms with Gasteiger partial charge < -0.3 is 34.4 Å². The molecule has 37 heavy (non-hydrogen) atoms. The summed E-state index contributed by atoms with van der Waals surface area (Å²) in [4.78, 5) is 39.8. The maximum absolute atomic E-state index is 15.0. The minimum absolute atomic E-state index is 0.0459. The number of benzene rings is 1. The lowest BCUT2D eigenvalue weighted by Crippen LogP contribution is -2.31. The maximum atomic E-state index is 15.0. The van der Waals surface area contributed by atoms with Crippen LogP contribution in [0, 0.1) is 5.82 Å². The van der Waals surface area contributed by atoms with Crippen molar-refractivity contribution in [3.63, 3.8) is 0 Å². The van der Waals surface area contributed by atoms with Gasteiger partial charge in [0.15, 0.2) is 35.3 Å². The number of fused-ring (bicyclic) bond motifs is 1. The standard InChI is InChI=1S/C19H22ClF2N5O8P2/c1-9(10-2-4-11(21)5-3-10)24-16-14-17(26-19(20)25-16)27(7-23-14)18-13(22)15(28)12(35-18)6-34-37(32,33)8-36(29,30)31/h2-5,7,9,12-13,15,18,28H,6,8H2,1H3,(H,32,33)(H,24,25,26)(H2,29,30,31)/t9?,12-,13+,15-,18-/m1/s1. The monoisotopic (exact) mass is 583 g/mol. The first kappa shape index (κ1) is 28.0. The van der Waals surface area contributed by atoms with E-state index in [1.54, 1.807) is 19.1 Å². The molecule has 1 aromatic carbocycles. The summed E-state index contributed by atoms with van der Waals surface area (Å²) in [6.07, 6.45) is -5.65. The minimum Gasteiger partial charge on any atom is -0.387 e. The molecule has 18 heteroatoms. The third kappa shape index (κ3) is 6.51. The highest BCUT2D eigenvalue weighted by molar-refractivity contribution is 7.70. The van der Waals surface area contributed by atoms with Gasteiger partial charge in [-0.25, -0.2) is 13.8 Å².